The molecule has 3 rings (SSSR count). The first-order valence-electron chi connectivity index (χ1n) is 6.87. The first kappa shape index (κ1) is 14.5. The largest absolute Gasteiger partial charge is 0.464 e. The van der Waals surface area contributed by atoms with Crippen molar-refractivity contribution in [3.63, 3.8) is 0 Å². The van der Waals surface area contributed by atoms with Crippen molar-refractivity contribution in [3.8, 4) is 0 Å². The Morgan fingerprint density at radius 3 is 3.00 bits per heavy atom. The third-order valence-corrected chi connectivity index (χ3v) is 4.40. The lowest BCUT2D eigenvalue weighted by Gasteiger charge is -2.22. The van der Waals surface area contributed by atoms with Crippen molar-refractivity contribution in [2.75, 3.05) is 11.0 Å². The zero-order valence-electron chi connectivity index (χ0n) is 11.5. The van der Waals surface area contributed by atoms with E-state index in [1.54, 1.807) is 6.26 Å². The minimum atomic E-state index is -0.382. The van der Waals surface area contributed by atoms with Crippen LogP contribution in [-0.2, 0) is 14.2 Å². The number of hydrogen-bond acceptors (Lipinski definition) is 4. The maximum atomic E-state index is 11.8. The van der Waals surface area contributed by atoms with Crippen LogP contribution in [0.1, 0.15) is 19.3 Å². The molecule has 2 aliphatic heterocycles. The Kier molecular flexibility index (Phi) is 4.52. The van der Waals surface area contributed by atoms with Gasteiger partial charge in [-0.2, -0.15) is 0 Å². The summed E-state index contributed by atoms with van der Waals surface area (Å²) in [6.45, 7) is 0.496. The molecule has 0 aromatic rings. The molecule has 5 nitrogen and oxygen atoms in total. The van der Waals surface area contributed by atoms with E-state index in [-0.39, 0.29) is 12.2 Å². The third kappa shape index (κ3) is 3.42. The first-order valence-corrected chi connectivity index (χ1v) is 8.40. The van der Waals surface area contributed by atoms with Gasteiger partial charge in [-0.15, -0.1) is 0 Å². The summed E-state index contributed by atoms with van der Waals surface area (Å²) in [7, 11) is 0. The highest BCUT2D eigenvalue weighted by Crippen LogP contribution is 2.28. The Morgan fingerprint density at radius 1 is 1.38 bits per heavy atom. The van der Waals surface area contributed by atoms with Crippen LogP contribution in [0.5, 0.6) is 0 Å². The van der Waals surface area contributed by atoms with Crippen molar-refractivity contribution < 1.29 is 19.0 Å². The van der Waals surface area contributed by atoms with E-state index in [0.717, 1.165) is 17.3 Å². The smallest absolute Gasteiger partial charge is 0.417 e. The number of hydrogen-bond donors (Lipinski definition) is 0. The summed E-state index contributed by atoms with van der Waals surface area (Å²) < 4.78 is 17.1. The molecule has 3 aliphatic rings. The molecule has 0 spiro atoms. The molecule has 0 saturated carbocycles. The van der Waals surface area contributed by atoms with Gasteiger partial charge in [0.25, 0.3) is 0 Å². The van der Waals surface area contributed by atoms with E-state index in [1.807, 2.05) is 0 Å². The average Bonchev–Trinajstić information content (AvgIpc) is 2.90. The topological polar surface area (TPSA) is 48.0 Å². The number of amides is 1. The van der Waals surface area contributed by atoms with Gasteiger partial charge in [-0.3, -0.25) is 0 Å². The second-order valence-corrected chi connectivity index (χ2v) is 5.90. The number of allylic oxidation sites excluding steroid dienone is 4. The van der Waals surface area contributed by atoms with Crippen molar-refractivity contribution in [2.45, 2.75) is 25.4 Å². The Labute approximate surface area is 137 Å². The molecule has 6 heteroatoms. The number of halogens is 1. The standard InChI is InChI=1S/C15H16INO4/c16-7-13-8-17(15(18)21-13)14-10-19-9-12(20-14)6-11-4-2-1-3-5-11/h1-2,4,9-10,13H,3,5-8H2. The molecule has 1 fully saturated rings. The maximum Gasteiger partial charge on any atom is 0.417 e. The highest BCUT2D eigenvalue weighted by atomic mass is 127. The number of carbonyl (C=O) groups is 1. The zero-order chi connectivity index (χ0) is 14.7. The van der Waals surface area contributed by atoms with E-state index >= 15 is 0 Å². The number of alkyl halides is 1. The zero-order valence-corrected chi connectivity index (χ0v) is 13.6. The lowest BCUT2D eigenvalue weighted by molar-refractivity contribution is 0.119. The van der Waals surface area contributed by atoms with E-state index in [1.165, 1.54) is 16.7 Å². The van der Waals surface area contributed by atoms with Crippen LogP contribution < -0.4 is 0 Å². The fraction of sp³-hybridized carbons (Fsp3) is 0.400. The van der Waals surface area contributed by atoms with Gasteiger partial charge in [-0.1, -0.05) is 46.4 Å². The maximum absolute atomic E-state index is 11.8. The molecule has 1 aliphatic carbocycles. The summed E-state index contributed by atoms with van der Waals surface area (Å²) >= 11 is 2.20. The molecule has 0 aromatic carbocycles. The van der Waals surface area contributed by atoms with Crippen LogP contribution in [0.25, 0.3) is 0 Å². The molecule has 0 radical (unpaired) electrons. The molecule has 1 amide bonds. The van der Waals surface area contributed by atoms with Gasteiger partial charge in [0.1, 0.15) is 18.1 Å². The van der Waals surface area contributed by atoms with E-state index < -0.39 is 0 Å². The van der Waals surface area contributed by atoms with Gasteiger partial charge >= 0.3 is 6.09 Å². The number of rotatable bonds is 4. The Balaban J connectivity index is 1.62. The molecular formula is C15H16INO4. The predicted octanol–water partition coefficient (Wildman–Crippen LogP) is 3.60. The van der Waals surface area contributed by atoms with Crippen molar-refractivity contribution in [1.29, 1.82) is 0 Å². The van der Waals surface area contributed by atoms with E-state index in [2.05, 4.69) is 40.8 Å². The SMILES string of the molecule is O=C1OC(CI)CN1C1=COC=C(CC2=CC=CCC2)O1. The number of ether oxygens (including phenoxy) is 3. The molecule has 0 aromatic heterocycles. The minimum absolute atomic E-state index is 0.0943. The summed E-state index contributed by atoms with van der Waals surface area (Å²) in [4.78, 5) is 13.3. The van der Waals surface area contributed by atoms with Crippen LogP contribution in [0, 0.1) is 0 Å². The van der Waals surface area contributed by atoms with Crippen molar-refractivity contribution in [3.05, 3.63) is 48.0 Å². The van der Waals surface area contributed by atoms with Crippen molar-refractivity contribution in [1.82, 2.24) is 4.90 Å². The molecule has 21 heavy (non-hydrogen) atoms. The van der Waals surface area contributed by atoms with E-state index in [4.69, 9.17) is 14.2 Å². The number of carbonyl (C=O) groups excluding carboxylic acids is 1. The molecule has 1 unspecified atom stereocenters. The molecule has 2 heterocycles. The van der Waals surface area contributed by atoms with Crippen molar-refractivity contribution >= 4 is 28.7 Å². The summed E-state index contributed by atoms with van der Waals surface area (Å²) in [5.74, 6) is 1.11. The van der Waals surface area contributed by atoms with Crippen LogP contribution >= 0.6 is 22.6 Å². The lowest BCUT2D eigenvalue weighted by atomic mass is 10.0. The molecule has 0 bridgehead atoms. The van der Waals surface area contributed by atoms with Gasteiger partial charge in [0.05, 0.1) is 6.54 Å². The van der Waals surface area contributed by atoms with Crippen LogP contribution in [-0.4, -0.2) is 28.1 Å². The second kappa shape index (κ2) is 6.55. The summed E-state index contributed by atoms with van der Waals surface area (Å²) in [6.07, 6.45) is 11.6. The molecule has 112 valence electrons. The third-order valence-electron chi connectivity index (χ3n) is 3.42. The highest BCUT2D eigenvalue weighted by Gasteiger charge is 2.35. The Morgan fingerprint density at radius 2 is 2.29 bits per heavy atom. The monoisotopic (exact) mass is 401 g/mol. The Bertz CT molecular complexity index is 550. The minimum Gasteiger partial charge on any atom is -0.464 e. The van der Waals surface area contributed by atoms with Crippen LogP contribution in [0.4, 0.5) is 4.79 Å². The average molecular weight is 401 g/mol. The van der Waals surface area contributed by atoms with Gasteiger partial charge in [0.2, 0.25) is 5.88 Å². The second-order valence-electron chi connectivity index (χ2n) is 5.02. The Hall–Kier alpha value is -1.44. The number of nitrogens with zero attached hydrogens (tertiary/aromatic N) is 1. The number of cyclic esters (lactones) is 1. The quantitative estimate of drug-likeness (QED) is 0.534. The van der Waals surface area contributed by atoms with Gasteiger partial charge in [-0.05, 0) is 12.8 Å². The molecule has 1 saturated heterocycles. The normalized spacial score (nSPS) is 24.6. The van der Waals surface area contributed by atoms with Gasteiger partial charge in [0, 0.05) is 10.8 Å². The van der Waals surface area contributed by atoms with E-state index in [9.17, 15) is 4.79 Å². The fourth-order valence-electron chi connectivity index (χ4n) is 2.35. The highest BCUT2D eigenvalue weighted by molar-refractivity contribution is 14.1. The van der Waals surface area contributed by atoms with Crippen molar-refractivity contribution in [2.24, 2.45) is 0 Å². The van der Waals surface area contributed by atoms with Crippen LogP contribution in [0.3, 0.4) is 0 Å². The fourth-order valence-corrected chi connectivity index (χ4v) is 2.81. The van der Waals surface area contributed by atoms with Crippen LogP contribution in [0.2, 0.25) is 0 Å². The first-order chi connectivity index (χ1) is 10.3. The molecule has 1 atom stereocenters. The molecule has 0 N–H and O–H groups in total. The summed E-state index contributed by atoms with van der Waals surface area (Å²) in [5.41, 5.74) is 1.29. The lowest BCUT2D eigenvalue weighted by Crippen LogP contribution is -2.27. The van der Waals surface area contributed by atoms with Gasteiger partial charge in [0.15, 0.2) is 6.26 Å². The predicted molar refractivity (Wildman–Crippen MR) is 85.3 cm³/mol. The van der Waals surface area contributed by atoms with Gasteiger partial charge < -0.3 is 14.2 Å². The summed E-state index contributed by atoms with van der Waals surface area (Å²) in [5, 5.41) is 0. The van der Waals surface area contributed by atoms with Gasteiger partial charge in [-0.25, -0.2) is 9.69 Å². The van der Waals surface area contributed by atoms with Crippen LogP contribution in [0.15, 0.2) is 48.0 Å². The molecular weight excluding hydrogens is 385 g/mol. The van der Waals surface area contributed by atoms with E-state index in [0.29, 0.717) is 24.6 Å². The summed E-state index contributed by atoms with van der Waals surface area (Å²) in [6, 6.07) is 0.